The highest BCUT2D eigenvalue weighted by atomic mass is 32.1. The van der Waals surface area contributed by atoms with Crippen LogP contribution in [-0.4, -0.2) is 77.9 Å². The minimum Gasteiger partial charge on any atom is -0.503 e. The molecule has 1 unspecified atom stereocenters. The highest BCUT2D eigenvalue weighted by Crippen LogP contribution is 2.36. The Morgan fingerprint density at radius 3 is 2.30 bits per heavy atom. The van der Waals surface area contributed by atoms with Crippen LogP contribution in [0, 0.1) is 17.0 Å². The number of fused-ring (bicyclic) bond motifs is 1. The van der Waals surface area contributed by atoms with Crippen molar-refractivity contribution < 1.29 is 61.6 Å². The molecule has 0 radical (unpaired) electrons. The zero-order valence-electron chi connectivity index (χ0n) is 28.6. The van der Waals surface area contributed by atoms with E-state index in [1.54, 1.807) is 41.5 Å². The lowest BCUT2D eigenvalue weighted by molar-refractivity contribution is -0.0922. The number of carbonyl (C=O) groups is 4. The Labute approximate surface area is 292 Å². The molecule has 0 fully saturated rings. The van der Waals surface area contributed by atoms with Gasteiger partial charge in [0, 0.05) is 37.5 Å². The summed E-state index contributed by atoms with van der Waals surface area (Å²) in [4.78, 5) is 65.4. The van der Waals surface area contributed by atoms with Crippen LogP contribution in [0.4, 0.5) is 18.4 Å². The Morgan fingerprint density at radius 1 is 1.06 bits per heavy atom. The van der Waals surface area contributed by atoms with Crippen LogP contribution in [0.15, 0.2) is 29.2 Å². The van der Waals surface area contributed by atoms with E-state index in [0.717, 1.165) is 18.3 Å². The zero-order chi connectivity index (χ0) is 37.6. The number of hydrogen-bond acceptors (Lipinski definition) is 14. The van der Waals surface area contributed by atoms with Gasteiger partial charge in [0.15, 0.2) is 11.5 Å². The van der Waals surface area contributed by atoms with Crippen LogP contribution in [0.5, 0.6) is 5.75 Å². The number of aromatic nitrogens is 1. The summed E-state index contributed by atoms with van der Waals surface area (Å²) in [7, 11) is 0. The van der Waals surface area contributed by atoms with Gasteiger partial charge < -0.3 is 38.7 Å². The van der Waals surface area contributed by atoms with E-state index in [1.807, 2.05) is 0 Å². The SMILES string of the molecule is CC(C)OC(=O)OCONCCCOC1Cn2cc(C(=O)NCc3ccc(F)cc3F)c(=O)c(O)c2C(=O)C1(C)C.CC(C)OC(=O)OCS. The third kappa shape index (κ3) is 12.6. The number of carbonyl (C=O) groups excluding carboxylic acids is 4. The van der Waals surface area contributed by atoms with Gasteiger partial charge in [-0.15, -0.1) is 12.6 Å². The Morgan fingerprint density at radius 2 is 1.70 bits per heavy atom. The molecule has 0 bridgehead atoms. The van der Waals surface area contributed by atoms with E-state index in [4.69, 9.17) is 19.0 Å². The van der Waals surface area contributed by atoms with E-state index in [1.165, 1.54) is 4.57 Å². The second-order valence-electron chi connectivity index (χ2n) is 11.8. The van der Waals surface area contributed by atoms with Crippen molar-refractivity contribution in [2.24, 2.45) is 5.41 Å². The number of aromatic hydroxyl groups is 1. The number of nitrogens with one attached hydrogen (secondary N) is 2. The quantitative estimate of drug-likeness (QED) is 0.0711. The number of hydrogen-bond donors (Lipinski definition) is 4. The third-order valence-electron chi connectivity index (χ3n) is 6.85. The van der Waals surface area contributed by atoms with Gasteiger partial charge in [0.05, 0.1) is 30.3 Å². The van der Waals surface area contributed by atoms with Crippen molar-refractivity contribution in [2.45, 2.75) is 79.4 Å². The lowest BCUT2D eigenvalue weighted by Crippen LogP contribution is -2.48. The predicted octanol–water partition coefficient (Wildman–Crippen LogP) is 4.24. The lowest BCUT2D eigenvalue weighted by atomic mass is 9.77. The summed E-state index contributed by atoms with van der Waals surface area (Å²) in [5.74, 6) is -3.92. The molecule has 3 N–H and O–H groups in total. The maximum absolute atomic E-state index is 13.9. The number of pyridine rings is 1. The van der Waals surface area contributed by atoms with Gasteiger partial charge in [-0.25, -0.2) is 18.4 Å². The molecular formula is C32H43F2N3O12S. The topological polar surface area (TPSA) is 190 Å². The number of rotatable bonds is 14. The van der Waals surface area contributed by atoms with E-state index >= 15 is 0 Å². The molecule has 0 saturated carbocycles. The summed E-state index contributed by atoms with van der Waals surface area (Å²) in [6, 6.07) is 2.85. The van der Waals surface area contributed by atoms with E-state index < -0.39 is 63.9 Å². The van der Waals surface area contributed by atoms with Gasteiger partial charge in [0.1, 0.15) is 28.8 Å². The minimum atomic E-state index is -1.11. The van der Waals surface area contributed by atoms with E-state index in [-0.39, 0.29) is 55.9 Å². The average Bonchev–Trinajstić information content (AvgIpc) is 3.01. The van der Waals surface area contributed by atoms with Crippen LogP contribution in [0.2, 0.25) is 0 Å². The molecule has 0 saturated heterocycles. The molecule has 1 aliphatic heterocycles. The number of halogens is 2. The monoisotopic (exact) mass is 731 g/mol. The largest absolute Gasteiger partial charge is 0.510 e. The van der Waals surface area contributed by atoms with Crippen molar-refractivity contribution in [3.05, 3.63) is 63.1 Å². The summed E-state index contributed by atoms with van der Waals surface area (Å²) in [5.41, 5.74) is -0.266. The highest BCUT2D eigenvalue weighted by molar-refractivity contribution is 7.80. The van der Waals surface area contributed by atoms with Crippen LogP contribution < -0.4 is 16.2 Å². The molecule has 1 amide bonds. The standard InChI is InChI=1S/C27H33F2N3O9.C5H10O3S/c1-15(2)41-26(37)39-14-40-31-8-5-9-38-20-13-32-12-18(22(33)23(34)21(32)24(35)27(20,3)4)25(36)30-11-16-6-7-17(28)10-19(16)29;1-4(2)8-5(6)7-3-9/h6-7,10,12,15,20,31,34H,5,8-9,11,13-14H2,1-4H3,(H,30,36);4,9H,3H2,1-2H3. The molecule has 278 valence electrons. The number of ketones is 1. The fraction of sp³-hybridized carbons (Fsp3) is 0.531. The van der Waals surface area contributed by atoms with Crippen molar-refractivity contribution in [1.29, 1.82) is 0 Å². The van der Waals surface area contributed by atoms with Crippen molar-refractivity contribution >= 4 is 36.6 Å². The molecule has 2 heterocycles. The molecule has 1 aromatic heterocycles. The molecular weight excluding hydrogens is 688 g/mol. The van der Waals surface area contributed by atoms with E-state index in [9.17, 15) is 37.9 Å². The number of nitrogens with zero attached hydrogens (tertiary/aromatic N) is 1. The lowest BCUT2D eigenvalue weighted by Gasteiger charge is -2.39. The Kier molecular flexibility index (Phi) is 16.6. The van der Waals surface area contributed by atoms with Crippen molar-refractivity contribution in [1.82, 2.24) is 15.4 Å². The summed E-state index contributed by atoms with van der Waals surface area (Å²) in [6.07, 6.45) is -1.04. The molecule has 0 aliphatic carbocycles. The van der Waals surface area contributed by atoms with Crippen LogP contribution in [-0.2, 0) is 41.6 Å². The highest BCUT2D eigenvalue weighted by Gasteiger charge is 2.45. The predicted molar refractivity (Wildman–Crippen MR) is 176 cm³/mol. The van der Waals surface area contributed by atoms with Gasteiger partial charge in [-0.1, -0.05) is 6.07 Å². The van der Waals surface area contributed by atoms with Gasteiger partial charge in [-0.05, 0) is 54.0 Å². The van der Waals surface area contributed by atoms with Crippen molar-refractivity contribution in [3.63, 3.8) is 0 Å². The zero-order valence-corrected chi connectivity index (χ0v) is 29.5. The number of benzene rings is 1. The van der Waals surface area contributed by atoms with E-state index in [2.05, 4.69) is 32.9 Å². The van der Waals surface area contributed by atoms with Crippen LogP contribution in [0.3, 0.4) is 0 Å². The maximum atomic E-state index is 13.9. The van der Waals surface area contributed by atoms with Crippen LogP contribution in [0.1, 0.15) is 74.4 Å². The first kappa shape index (κ1) is 41.9. The molecule has 0 spiro atoms. The minimum absolute atomic E-state index is 0.00604. The number of thiol groups is 1. The van der Waals surface area contributed by atoms with Gasteiger partial charge in [-0.2, -0.15) is 5.48 Å². The smallest absolute Gasteiger partial charge is 0.503 e. The summed E-state index contributed by atoms with van der Waals surface area (Å²) in [6.45, 7) is 9.99. The van der Waals surface area contributed by atoms with Crippen LogP contribution in [0.25, 0.3) is 0 Å². The molecule has 1 aromatic carbocycles. The molecule has 50 heavy (non-hydrogen) atoms. The van der Waals surface area contributed by atoms with Crippen molar-refractivity contribution in [2.75, 3.05) is 25.9 Å². The number of Topliss-reactive ketones (excluding diaryl/α,β-unsaturated/α-hetero) is 1. The molecule has 18 heteroatoms. The van der Waals surface area contributed by atoms with Gasteiger partial charge in [0.25, 0.3) is 5.91 Å². The first-order valence-electron chi connectivity index (χ1n) is 15.5. The second kappa shape index (κ2) is 19.8. The first-order valence-corrected chi connectivity index (χ1v) is 16.1. The fourth-order valence-corrected chi connectivity index (χ4v) is 4.42. The Bertz CT molecular complexity index is 1550. The van der Waals surface area contributed by atoms with Gasteiger partial charge in [0.2, 0.25) is 12.2 Å². The first-order chi connectivity index (χ1) is 23.5. The average molecular weight is 732 g/mol. The molecule has 15 nitrogen and oxygen atoms in total. The van der Waals surface area contributed by atoms with Crippen molar-refractivity contribution in [3.8, 4) is 5.75 Å². The molecule has 2 aromatic rings. The number of ether oxygens (including phenoxy) is 5. The second-order valence-corrected chi connectivity index (χ2v) is 12.1. The molecule has 1 atom stereocenters. The maximum Gasteiger partial charge on any atom is 0.510 e. The summed E-state index contributed by atoms with van der Waals surface area (Å²) in [5, 5.41) is 12.9. The summed E-state index contributed by atoms with van der Waals surface area (Å²) >= 11 is 3.66. The number of hydroxylamine groups is 1. The third-order valence-corrected chi connectivity index (χ3v) is 6.98. The Balaban J connectivity index is 0.000000845. The Hall–Kier alpha value is -4.26. The molecule has 3 rings (SSSR count). The fourth-order valence-electron chi connectivity index (χ4n) is 4.32. The normalized spacial score (nSPS) is 14.7. The van der Waals surface area contributed by atoms with E-state index in [0.29, 0.717) is 19.0 Å². The molecule has 1 aliphatic rings. The van der Waals surface area contributed by atoms with Gasteiger partial charge in [-0.3, -0.25) is 19.2 Å². The number of amides is 1. The van der Waals surface area contributed by atoms with Gasteiger partial charge >= 0.3 is 12.3 Å². The summed E-state index contributed by atoms with van der Waals surface area (Å²) < 4.78 is 52.7. The van der Waals surface area contributed by atoms with Crippen LogP contribution >= 0.6 is 12.6 Å².